The summed E-state index contributed by atoms with van der Waals surface area (Å²) in [5.74, 6) is -1.84. The fourth-order valence-electron chi connectivity index (χ4n) is 3.74. The van der Waals surface area contributed by atoms with E-state index in [4.69, 9.17) is 10.2 Å². The van der Waals surface area contributed by atoms with Crippen molar-refractivity contribution >= 4 is 24.1 Å². The van der Waals surface area contributed by atoms with Crippen molar-refractivity contribution in [1.82, 2.24) is 0 Å². The van der Waals surface area contributed by atoms with Crippen molar-refractivity contribution in [2.24, 2.45) is 5.92 Å². The first-order chi connectivity index (χ1) is 15.2. The Bertz CT molecular complexity index is 1150. The molecule has 0 saturated carbocycles. The smallest absolute Gasteiger partial charge is 0.328 e. The van der Waals surface area contributed by atoms with E-state index in [1.54, 1.807) is 0 Å². The molecule has 0 fully saturated rings. The Kier molecular flexibility index (Phi) is 6.91. The highest BCUT2D eigenvalue weighted by Crippen LogP contribution is 2.40. The van der Waals surface area contributed by atoms with Gasteiger partial charge in [0.2, 0.25) is 0 Å². The van der Waals surface area contributed by atoms with Crippen LogP contribution in [0.3, 0.4) is 0 Å². The predicted octanol–water partition coefficient (Wildman–Crippen LogP) is 4.95. The number of carboxylic acid groups (broad SMARTS) is 2. The monoisotopic (exact) mass is 430 g/mol. The molecule has 164 valence electrons. The average Bonchev–Trinajstić information content (AvgIpc) is 3.12. The van der Waals surface area contributed by atoms with Gasteiger partial charge in [-0.3, -0.25) is 0 Å². The van der Waals surface area contributed by atoms with Gasteiger partial charge in [0, 0.05) is 18.1 Å². The summed E-state index contributed by atoms with van der Waals surface area (Å²) in [7, 11) is 0. The largest absolute Gasteiger partial charge is 0.478 e. The molecule has 32 heavy (non-hydrogen) atoms. The van der Waals surface area contributed by atoms with E-state index < -0.39 is 17.5 Å². The lowest BCUT2D eigenvalue weighted by Gasteiger charge is -2.26. The van der Waals surface area contributed by atoms with Crippen LogP contribution >= 0.6 is 0 Å². The molecule has 0 spiro atoms. The van der Waals surface area contributed by atoms with Crippen LogP contribution in [0.25, 0.3) is 23.3 Å². The highest BCUT2D eigenvalue weighted by Gasteiger charge is 2.24. The molecule has 0 amide bonds. The highest BCUT2D eigenvalue weighted by molar-refractivity contribution is 5.92. The van der Waals surface area contributed by atoms with Crippen LogP contribution in [0.2, 0.25) is 0 Å². The van der Waals surface area contributed by atoms with Crippen LogP contribution in [0.15, 0.2) is 72.9 Å². The lowest BCUT2D eigenvalue weighted by atomic mass is 9.87. The maximum Gasteiger partial charge on any atom is 0.328 e. The number of aliphatic hydroxyl groups is 1. The zero-order chi connectivity index (χ0) is 23.3. The number of fused-ring (bicyclic) bond motifs is 3. The first-order valence-corrected chi connectivity index (χ1v) is 10.3. The first-order valence-electron chi connectivity index (χ1n) is 10.3. The fourth-order valence-corrected chi connectivity index (χ4v) is 3.74. The SMILES string of the molecule is CC1C=CC=CC1(C)O.O=C(O)C=Cc1ccc2c(c1C=CC(=O)O)Cc1ccccc1-2. The molecule has 0 aromatic heterocycles. The van der Waals surface area contributed by atoms with Gasteiger partial charge in [0.05, 0.1) is 5.60 Å². The second-order valence-electron chi connectivity index (χ2n) is 8.03. The Morgan fingerprint density at radius 1 is 0.969 bits per heavy atom. The van der Waals surface area contributed by atoms with Crippen LogP contribution < -0.4 is 0 Å². The third-order valence-electron chi connectivity index (χ3n) is 5.73. The van der Waals surface area contributed by atoms with E-state index >= 15 is 0 Å². The molecule has 5 heteroatoms. The van der Waals surface area contributed by atoms with E-state index in [2.05, 4.69) is 0 Å². The number of rotatable bonds is 4. The minimum absolute atomic E-state index is 0.238. The molecule has 0 saturated heterocycles. The molecule has 2 unspecified atom stereocenters. The second-order valence-corrected chi connectivity index (χ2v) is 8.03. The second kappa shape index (κ2) is 9.62. The molecule has 2 atom stereocenters. The van der Waals surface area contributed by atoms with E-state index in [0.717, 1.165) is 34.4 Å². The van der Waals surface area contributed by atoms with Crippen LogP contribution in [0.5, 0.6) is 0 Å². The number of benzene rings is 2. The summed E-state index contributed by atoms with van der Waals surface area (Å²) in [5, 5.41) is 27.2. The highest BCUT2D eigenvalue weighted by atomic mass is 16.4. The van der Waals surface area contributed by atoms with Gasteiger partial charge < -0.3 is 15.3 Å². The first kappa shape index (κ1) is 23.0. The minimum Gasteiger partial charge on any atom is -0.478 e. The van der Waals surface area contributed by atoms with Crippen molar-refractivity contribution in [2.75, 3.05) is 0 Å². The Morgan fingerprint density at radius 3 is 2.28 bits per heavy atom. The maximum absolute atomic E-state index is 10.9. The van der Waals surface area contributed by atoms with Gasteiger partial charge in [-0.25, -0.2) is 9.59 Å². The van der Waals surface area contributed by atoms with Gasteiger partial charge in [0.25, 0.3) is 0 Å². The molecule has 3 N–H and O–H groups in total. The average molecular weight is 431 g/mol. The van der Waals surface area contributed by atoms with Crippen molar-refractivity contribution in [2.45, 2.75) is 25.9 Å². The van der Waals surface area contributed by atoms with Gasteiger partial charge in [-0.2, -0.15) is 0 Å². The van der Waals surface area contributed by atoms with E-state index in [-0.39, 0.29) is 5.92 Å². The zero-order valence-corrected chi connectivity index (χ0v) is 18.0. The van der Waals surface area contributed by atoms with Crippen LogP contribution in [0, 0.1) is 5.92 Å². The molecular formula is C27H26O5. The summed E-state index contributed by atoms with van der Waals surface area (Å²) in [6.07, 6.45) is 13.5. The Labute approximate surface area is 187 Å². The minimum atomic E-state index is -1.04. The number of hydrogen-bond donors (Lipinski definition) is 3. The number of carbonyl (C=O) groups is 2. The van der Waals surface area contributed by atoms with E-state index in [9.17, 15) is 14.7 Å². The van der Waals surface area contributed by atoms with Gasteiger partial charge in [0.1, 0.15) is 0 Å². The van der Waals surface area contributed by atoms with Crippen molar-refractivity contribution in [1.29, 1.82) is 0 Å². The topological polar surface area (TPSA) is 94.8 Å². The molecule has 0 aliphatic heterocycles. The summed E-state index contributed by atoms with van der Waals surface area (Å²) < 4.78 is 0. The summed E-state index contributed by atoms with van der Waals surface area (Å²) in [4.78, 5) is 21.6. The molecule has 2 aromatic rings. The van der Waals surface area contributed by atoms with Crippen LogP contribution in [0.4, 0.5) is 0 Å². The molecule has 5 nitrogen and oxygen atoms in total. The molecule has 0 heterocycles. The van der Waals surface area contributed by atoms with Crippen LogP contribution in [-0.2, 0) is 16.0 Å². The Morgan fingerprint density at radius 2 is 1.66 bits per heavy atom. The maximum atomic E-state index is 10.9. The third-order valence-corrected chi connectivity index (χ3v) is 5.73. The van der Waals surface area contributed by atoms with Crippen molar-refractivity contribution in [3.8, 4) is 11.1 Å². The summed E-state index contributed by atoms with van der Waals surface area (Å²) in [6.45, 7) is 3.82. The van der Waals surface area contributed by atoms with Gasteiger partial charge in [0.15, 0.2) is 0 Å². The third kappa shape index (κ3) is 5.31. The van der Waals surface area contributed by atoms with Crippen molar-refractivity contribution in [3.05, 3.63) is 95.1 Å². The number of allylic oxidation sites excluding steroid dienone is 2. The summed E-state index contributed by atoms with van der Waals surface area (Å²) >= 11 is 0. The van der Waals surface area contributed by atoms with Crippen molar-refractivity contribution in [3.63, 3.8) is 0 Å². The zero-order valence-electron chi connectivity index (χ0n) is 18.0. The Hall–Kier alpha value is -3.70. The quantitative estimate of drug-likeness (QED) is 0.509. The molecule has 0 radical (unpaired) electrons. The standard InChI is InChI=1S/C19H14O4.C8H12O/c20-18(21)9-6-12-5-7-16-14-4-2-1-3-13(14)11-17(16)15(12)8-10-19(22)23;1-7-5-3-4-6-8(7,2)9/h1-10H,11H2,(H,20,21)(H,22,23);3-7,9H,1-2H3. The molecule has 2 aromatic carbocycles. The summed E-state index contributed by atoms with van der Waals surface area (Å²) in [5.41, 5.74) is 5.23. The fraction of sp³-hybridized carbons (Fsp3) is 0.185. The van der Waals surface area contributed by atoms with Gasteiger partial charge in [-0.15, -0.1) is 0 Å². The molecular weight excluding hydrogens is 404 g/mol. The lowest BCUT2D eigenvalue weighted by Crippen LogP contribution is -2.29. The van der Waals surface area contributed by atoms with E-state index in [1.807, 2.05) is 74.5 Å². The van der Waals surface area contributed by atoms with Crippen LogP contribution in [-0.4, -0.2) is 32.9 Å². The van der Waals surface area contributed by atoms with Gasteiger partial charge in [-0.1, -0.05) is 67.6 Å². The molecule has 2 aliphatic rings. The predicted molar refractivity (Wildman–Crippen MR) is 126 cm³/mol. The van der Waals surface area contributed by atoms with E-state index in [0.29, 0.717) is 12.0 Å². The van der Waals surface area contributed by atoms with Gasteiger partial charge >= 0.3 is 11.9 Å². The molecule has 4 rings (SSSR count). The number of carboxylic acids is 2. The number of hydrogen-bond acceptors (Lipinski definition) is 3. The number of aliphatic carboxylic acids is 2. The van der Waals surface area contributed by atoms with Crippen molar-refractivity contribution < 1.29 is 24.9 Å². The van der Waals surface area contributed by atoms with Crippen LogP contribution in [0.1, 0.15) is 36.1 Å². The molecule has 0 bridgehead atoms. The Balaban J connectivity index is 0.000000269. The normalized spacial score (nSPS) is 20.7. The molecule has 2 aliphatic carbocycles. The summed E-state index contributed by atoms with van der Waals surface area (Å²) in [6, 6.07) is 11.8. The van der Waals surface area contributed by atoms with E-state index in [1.165, 1.54) is 17.7 Å². The lowest BCUT2D eigenvalue weighted by molar-refractivity contribution is -0.132. The van der Waals surface area contributed by atoms with Gasteiger partial charge in [-0.05, 0) is 58.9 Å².